The summed E-state index contributed by atoms with van der Waals surface area (Å²) < 4.78 is 0. The molecule has 0 spiro atoms. The molecule has 0 N–H and O–H groups in total. The van der Waals surface area contributed by atoms with Crippen LogP contribution >= 0.6 is 0 Å². The molecule has 2 heteroatoms. The largest absolute Gasteiger partial charge is 0.0833 e. The zero-order valence-corrected chi connectivity index (χ0v) is 16.0. The van der Waals surface area contributed by atoms with Crippen molar-refractivity contribution in [3.63, 3.8) is 0 Å². The van der Waals surface area contributed by atoms with Crippen molar-refractivity contribution in [2.75, 3.05) is 0 Å². The van der Waals surface area contributed by atoms with Gasteiger partial charge in [0.1, 0.15) is 0 Å². The maximum atomic E-state index is 2.59. The predicted molar refractivity (Wildman–Crippen MR) is 93.6 cm³/mol. The summed E-state index contributed by atoms with van der Waals surface area (Å²) in [6.45, 7) is 20.0. The topological polar surface area (TPSA) is 0 Å². The highest BCUT2D eigenvalue weighted by Gasteiger charge is 2.46. The third-order valence-corrected chi connectivity index (χ3v) is 14.0. The maximum Gasteiger partial charge on any atom is 0.0833 e. The predicted octanol–water partition coefficient (Wildman–Crippen LogP) is 4.22. The Morgan fingerprint density at radius 3 is 2.16 bits per heavy atom. The standard InChI is InChI=1S/C17H30Si2/c1-13-12-18(5,6)15-11-9-10-14(17(2,3)4)16(15)19(13,7)8/h9-11,13H,12H2,1-8H3. The Balaban J connectivity index is 2.80. The first-order valence-corrected chi connectivity index (χ1v) is 13.9. The summed E-state index contributed by atoms with van der Waals surface area (Å²) in [5, 5.41) is 3.59. The van der Waals surface area contributed by atoms with E-state index in [1.54, 1.807) is 10.8 Å². The zero-order chi connectivity index (χ0) is 14.6. The van der Waals surface area contributed by atoms with Gasteiger partial charge in [0.2, 0.25) is 0 Å². The van der Waals surface area contributed by atoms with Gasteiger partial charge in [-0.3, -0.25) is 0 Å². The Kier molecular flexibility index (Phi) is 3.42. The third-order valence-electron chi connectivity index (χ3n) is 5.29. The fraction of sp³-hybridized carbons (Fsp3) is 0.647. The first kappa shape index (κ1) is 15.1. The molecule has 1 heterocycles. The van der Waals surface area contributed by atoms with Crippen molar-refractivity contribution < 1.29 is 0 Å². The van der Waals surface area contributed by atoms with Crippen molar-refractivity contribution in [3.05, 3.63) is 23.8 Å². The number of hydrogen-bond donors (Lipinski definition) is 0. The van der Waals surface area contributed by atoms with E-state index in [1.807, 2.05) is 5.19 Å². The Hall–Kier alpha value is -0.346. The van der Waals surface area contributed by atoms with E-state index >= 15 is 0 Å². The van der Waals surface area contributed by atoms with Gasteiger partial charge in [-0.1, -0.05) is 88.5 Å². The minimum atomic E-state index is -1.32. The van der Waals surface area contributed by atoms with Crippen LogP contribution in [-0.2, 0) is 5.41 Å². The summed E-state index contributed by atoms with van der Waals surface area (Å²) in [5.41, 5.74) is 2.83. The molecule has 0 bridgehead atoms. The third kappa shape index (κ3) is 2.38. The molecule has 1 atom stereocenters. The van der Waals surface area contributed by atoms with Gasteiger partial charge >= 0.3 is 0 Å². The minimum absolute atomic E-state index is 0.275. The second kappa shape index (κ2) is 4.32. The van der Waals surface area contributed by atoms with Crippen LogP contribution in [0.15, 0.2) is 18.2 Å². The molecule has 1 aliphatic heterocycles. The highest BCUT2D eigenvalue weighted by atomic mass is 28.3. The van der Waals surface area contributed by atoms with Gasteiger partial charge in [0.15, 0.2) is 0 Å². The molecule has 106 valence electrons. The smallest absolute Gasteiger partial charge is 0.0654 e. The number of hydrogen-bond acceptors (Lipinski definition) is 0. The second-order valence-corrected chi connectivity index (χ2v) is 18.3. The average Bonchev–Trinajstić information content (AvgIpc) is 2.24. The summed E-state index contributed by atoms with van der Waals surface area (Å²) in [7, 11) is -2.56. The number of fused-ring (bicyclic) bond motifs is 1. The van der Waals surface area contributed by atoms with Crippen LogP contribution in [0.3, 0.4) is 0 Å². The zero-order valence-electron chi connectivity index (χ0n) is 14.0. The summed E-state index contributed by atoms with van der Waals surface area (Å²) in [5.74, 6) is 0. The lowest BCUT2D eigenvalue weighted by Gasteiger charge is -2.47. The molecule has 0 aromatic heterocycles. The molecule has 1 aliphatic rings. The van der Waals surface area contributed by atoms with Gasteiger partial charge in [-0.15, -0.1) is 0 Å². The van der Waals surface area contributed by atoms with Crippen molar-refractivity contribution in [3.8, 4) is 0 Å². The molecule has 1 aromatic carbocycles. The van der Waals surface area contributed by atoms with Crippen LogP contribution in [0.1, 0.15) is 33.3 Å². The molecule has 1 aromatic rings. The molecule has 0 nitrogen and oxygen atoms in total. The van der Waals surface area contributed by atoms with E-state index in [0.29, 0.717) is 0 Å². The summed E-state index contributed by atoms with van der Waals surface area (Å²) >= 11 is 0. The molecule has 0 aliphatic carbocycles. The van der Waals surface area contributed by atoms with Crippen molar-refractivity contribution in [2.24, 2.45) is 0 Å². The van der Waals surface area contributed by atoms with E-state index in [2.05, 4.69) is 72.1 Å². The fourth-order valence-electron chi connectivity index (χ4n) is 3.81. The van der Waals surface area contributed by atoms with Crippen LogP contribution in [0.4, 0.5) is 0 Å². The molecule has 19 heavy (non-hydrogen) atoms. The van der Waals surface area contributed by atoms with Crippen LogP contribution in [0.5, 0.6) is 0 Å². The van der Waals surface area contributed by atoms with Crippen molar-refractivity contribution in [1.29, 1.82) is 0 Å². The van der Waals surface area contributed by atoms with E-state index in [0.717, 1.165) is 5.54 Å². The van der Waals surface area contributed by atoms with Crippen LogP contribution < -0.4 is 10.4 Å². The highest BCUT2D eigenvalue weighted by molar-refractivity contribution is 7.04. The minimum Gasteiger partial charge on any atom is -0.0654 e. The van der Waals surface area contributed by atoms with Crippen molar-refractivity contribution in [1.82, 2.24) is 0 Å². The van der Waals surface area contributed by atoms with Gasteiger partial charge < -0.3 is 0 Å². The van der Waals surface area contributed by atoms with E-state index in [9.17, 15) is 0 Å². The molecule has 0 saturated carbocycles. The van der Waals surface area contributed by atoms with Gasteiger partial charge in [0, 0.05) is 0 Å². The van der Waals surface area contributed by atoms with Gasteiger partial charge in [-0.25, -0.2) is 0 Å². The molecule has 1 unspecified atom stereocenters. The monoisotopic (exact) mass is 290 g/mol. The first-order chi connectivity index (χ1) is 8.48. The van der Waals surface area contributed by atoms with Gasteiger partial charge in [0.25, 0.3) is 0 Å². The molecule has 0 fully saturated rings. The maximum absolute atomic E-state index is 2.59. The molecule has 0 saturated heterocycles. The van der Waals surface area contributed by atoms with Gasteiger partial charge in [-0.05, 0) is 16.5 Å². The highest BCUT2D eigenvalue weighted by Crippen LogP contribution is 2.37. The molecular weight excluding hydrogens is 260 g/mol. The van der Waals surface area contributed by atoms with Crippen LogP contribution in [0.25, 0.3) is 0 Å². The fourth-order valence-corrected chi connectivity index (χ4v) is 14.9. The first-order valence-electron chi connectivity index (χ1n) is 7.62. The van der Waals surface area contributed by atoms with Crippen molar-refractivity contribution >= 4 is 26.5 Å². The Morgan fingerprint density at radius 2 is 1.63 bits per heavy atom. The Bertz CT molecular complexity index is 478. The normalized spacial score (nSPS) is 24.9. The molecule has 2 rings (SSSR count). The van der Waals surface area contributed by atoms with Crippen LogP contribution in [0.2, 0.25) is 37.8 Å². The van der Waals surface area contributed by atoms with E-state index < -0.39 is 16.1 Å². The Morgan fingerprint density at radius 1 is 1.05 bits per heavy atom. The van der Waals surface area contributed by atoms with Crippen LogP contribution in [-0.4, -0.2) is 16.1 Å². The lowest BCUT2D eigenvalue weighted by Crippen LogP contribution is -2.67. The SMILES string of the molecule is CC1C[Si](C)(C)c2cccc(C(C)(C)C)c2[Si]1(C)C. The number of benzene rings is 1. The van der Waals surface area contributed by atoms with Crippen molar-refractivity contribution in [2.45, 2.75) is 70.9 Å². The molecule has 0 radical (unpaired) electrons. The quantitative estimate of drug-likeness (QED) is 0.628. The van der Waals surface area contributed by atoms with E-state index in [-0.39, 0.29) is 5.41 Å². The number of rotatable bonds is 0. The van der Waals surface area contributed by atoms with E-state index in [1.165, 1.54) is 6.04 Å². The van der Waals surface area contributed by atoms with E-state index in [4.69, 9.17) is 0 Å². The Labute approximate surface area is 121 Å². The summed E-state index contributed by atoms with van der Waals surface area (Å²) in [6.07, 6.45) is 0. The second-order valence-electron chi connectivity index (χ2n) is 8.69. The van der Waals surface area contributed by atoms with Crippen LogP contribution in [0, 0.1) is 0 Å². The summed E-state index contributed by atoms with van der Waals surface area (Å²) in [4.78, 5) is 0. The lowest BCUT2D eigenvalue weighted by atomic mass is 9.87. The van der Waals surface area contributed by atoms with Gasteiger partial charge in [0.05, 0.1) is 16.1 Å². The van der Waals surface area contributed by atoms with Gasteiger partial charge in [-0.2, -0.15) is 0 Å². The molecular formula is C17H30Si2. The average molecular weight is 291 g/mol. The lowest BCUT2D eigenvalue weighted by molar-refractivity contribution is 0.593. The molecule has 0 amide bonds. The summed E-state index contributed by atoms with van der Waals surface area (Å²) in [6, 6.07) is 8.65.